The van der Waals surface area contributed by atoms with Gasteiger partial charge in [-0.3, -0.25) is 4.79 Å². The Morgan fingerprint density at radius 2 is 2.16 bits per heavy atom. The smallest absolute Gasteiger partial charge is 0.236 e. The molecule has 1 amide bonds. The number of imidazole rings is 1. The van der Waals surface area contributed by atoms with Crippen molar-refractivity contribution in [2.24, 2.45) is 0 Å². The van der Waals surface area contributed by atoms with Crippen LogP contribution < -0.4 is 5.32 Å². The van der Waals surface area contributed by atoms with E-state index >= 15 is 0 Å². The number of nitrogens with one attached hydrogen (secondary N) is 1. The van der Waals surface area contributed by atoms with Crippen molar-refractivity contribution in [1.29, 1.82) is 0 Å². The lowest BCUT2D eigenvalue weighted by atomic mass is 10.2. The predicted molar refractivity (Wildman–Crippen MR) is 107 cm³/mol. The molecule has 1 N–H and O–H groups in total. The molecule has 2 aromatic heterocycles. The molecule has 0 saturated heterocycles. The van der Waals surface area contributed by atoms with E-state index in [-0.39, 0.29) is 11.7 Å². The van der Waals surface area contributed by atoms with E-state index in [9.17, 15) is 4.79 Å². The molecule has 2 heterocycles. The summed E-state index contributed by atoms with van der Waals surface area (Å²) < 4.78 is 3.08. The molecule has 0 aliphatic heterocycles. The van der Waals surface area contributed by atoms with Gasteiger partial charge in [0.15, 0.2) is 10.3 Å². The van der Waals surface area contributed by atoms with Crippen LogP contribution in [0.15, 0.2) is 64.3 Å². The Balaban J connectivity index is 1.73. The average Bonchev–Trinajstić information content (AvgIpc) is 3.24. The van der Waals surface area contributed by atoms with Gasteiger partial charge in [-0.15, -0.1) is 17.9 Å². The number of aromatic nitrogens is 3. The molecule has 0 fully saturated rings. The van der Waals surface area contributed by atoms with Crippen molar-refractivity contribution in [3.8, 4) is 11.3 Å². The highest BCUT2D eigenvalue weighted by atomic mass is 79.9. The van der Waals surface area contributed by atoms with Crippen molar-refractivity contribution in [2.75, 3.05) is 11.1 Å². The molecule has 0 aliphatic rings. The van der Waals surface area contributed by atoms with E-state index in [2.05, 4.69) is 42.4 Å². The normalized spacial score (nSPS) is 10.6. The number of carbonyl (C=O) groups is 1. The molecule has 0 bridgehead atoms. The molecule has 3 aromatic rings. The zero-order chi connectivity index (χ0) is 17.6. The molecule has 0 spiro atoms. The first-order valence-electron chi connectivity index (χ1n) is 7.42. The van der Waals surface area contributed by atoms with Gasteiger partial charge in [-0.25, -0.2) is 9.97 Å². The van der Waals surface area contributed by atoms with Gasteiger partial charge in [0.05, 0.1) is 17.6 Å². The standard InChI is InChI=1S/C17H15BrN4OS2/c1-2-8-22-14(12-3-5-13(18)6-4-12)10-20-17(22)25-11-15(23)21-16-19-7-9-24-16/h2-7,9-10H,1,8,11H2,(H,19,21,23). The van der Waals surface area contributed by atoms with E-state index < -0.39 is 0 Å². The lowest BCUT2D eigenvalue weighted by Gasteiger charge is -2.09. The van der Waals surface area contributed by atoms with Gasteiger partial charge in [-0.1, -0.05) is 45.9 Å². The number of allylic oxidation sites excluding steroid dienone is 1. The number of amides is 1. The number of hydrogen-bond acceptors (Lipinski definition) is 5. The molecule has 1 aromatic carbocycles. The maximum absolute atomic E-state index is 12.0. The van der Waals surface area contributed by atoms with Crippen LogP contribution in [0.25, 0.3) is 11.3 Å². The van der Waals surface area contributed by atoms with Gasteiger partial charge in [0.1, 0.15) is 0 Å². The Bertz CT molecular complexity index is 859. The molecule has 0 aliphatic carbocycles. The summed E-state index contributed by atoms with van der Waals surface area (Å²) in [6.07, 6.45) is 5.31. The van der Waals surface area contributed by atoms with Gasteiger partial charge in [0.2, 0.25) is 5.91 Å². The average molecular weight is 435 g/mol. The fourth-order valence-electron chi connectivity index (χ4n) is 2.20. The number of rotatable bonds is 7. The topological polar surface area (TPSA) is 59.8 Å². The lowest BCUT2D eigenvalue weighted by molar-refractivity contribution is -0.113. The van der Waals surface area contributed by atoms with Gasteiger partial charge in [0, 0.05) is 22.6 Å². The summed E-state index contributed by atoms with van der Waals surface area (Å²) >= 11 is 6.24. The highest BCUT2D eigenvalue weighted by Crippen LogP contribution is 2.27. The Hall–Kier alpha value is -1.90. The largest absolute Gasteiger partial charge is 0.315 e. The molecule has 128 valence electrons. The highest BCUT2D eigenvalue weighted by molar-refractivity contribution is 9.10. The molecule has 0 unspecified atom stereocenters. The number of anilines is 1. The van der Waals surface area contributed by atoms with Crippen molar-refractivity contribution in [3.63, 3.8) is 0 Å². The second-order valence-electron chi connectivity index (χ2n) is 5.01. The fourth-order valence-corrected chi connectivity index (χ4v) is 3.80. The van der Waals surface area contributed by atoms with Gasteiger partial charge >= 0.3 is 0 Å². The minimum Gasteiger partial charge on any atom is -0.315 e. The molecular formula is C17H15BrN4OS2. The summed E-state index contributed by atoms with van der Waals surface area (Å²) in [5.41, 5.74) is 2.06. The number of carbonyl (C=O) groups excluding carboxylic acids is 1. The zero-order valence-corrected chi connectivity index (χ0v) is 16.4. The summed E-state index contributed by atoms with van der Waals surface area (Å²) in [7, 11) is 0. The minimum absolute atomic E-state index is 0.0988. The quantitative estimate of drug-likeness (QED) is 0.432. The zero-order valence-electron chi connectivity index (χ0n) is 13.2. The van der Waals surface area contributed by atoms with E-state index in [1.807, 2.05) is 41.9 Å². The Morgan fingerprint density at radius 3 is 2.84 bits per heavy atom. The number of thiazole rings is 1. The summed E-state index contributed by atoms with van der Waals surface area (Å²) in [4.78, 5) is 20.6. The molecule has 0 saturated carbocycles. The number of hydrogen-bond donors (Lipinski definition) is 1. The van der Waals surface area contributed by atoms with Crippen LogP contribution in [-0.2, 0) is 11.3 Å². The van der Waals surface area contributed by atoms with Gasteiger partial charge in [-0.2, -0.15) is 0 Å². The number of nitrogens with zero attached hydrogens (tertiary/aromatic N) is 3. The first kappa shape index (κ1) is 17.9. The summed E-state index contributed by atoms with van der Waals surface area (Å²) in [6, 6.07) is 8.05. The molecule has 0 atom stereocenters. The van der Waals surface area contributed by atoms with E-state index in [1.54, 1.807) is 6.20 Å². The van der Waals surface area contributed by atoms with Crippen molar-refractivity contribution >= 4 is 50.1 Å². The summed E-state index contributed by atoms with van der Waals surface area (Å²) in [6.45, 7) is 4.45. The van der Waals surface area contributed by atoms with Crippen LogP contribution in [0.4, 0.5) is 5.13 Å². The third-order valence-electron chi connectivity index (χ3n) is 3.28. The van der Waals surface area contributed by atoms with Crippen LogP contribution in [0, 0.1) is 0 Å². The van der Waals surface area contributed by atoms with Gasteiger partial charge in [0.25, 0.3) is 0 Å². The van der Waals surface area contributed by atoms with Crippen LogP contribution in [-0.4, -0.2) is 26.2 Å². The second-order valence-corrected chi connectivity index (χ2v) is 7.76. The first-order valence-corrected chi connectivity index (χ1v) is 10.1. The third kappa shape index (κ3) is 4.59. The molecule has 25 heavy (non-hydrogen) atoms. The Labute approximate surface area is 162 Å². The molecule has 5 nitrogen and oxygen atoms in total. The number of halogens is 1. The molecule has 0 radical (unpaired) electrons. The van der Waals surface area contributed by atoms with E-state index in [0.29, 0.717) is 11.7 Å². The van der Waals surface area contributed by atoms with E-state index in [4.69, 9.17) is 0 Å². The van der Waals surface area contributed by atoms with E-state index in [1.165, 1.54) is 23.1 Å². The van der Waals surface area contributed by atoms with Crippen molar-refractivity contribution in [1.82, 2.24) is 14.5 Å². The first-order chi connectivity index (χ1) is 12.2. The number of thioether (sulfide) groups is 1. The number of benzene rings is 1. The SMILES string of the molecule is C=CCn1c(-c2ccc(Br)cc2)cnc1SCC(=O)Nc1nccs1. The third-order valence-corrected chi connectivity index (χ3v) is 5.49. The van der Waals surface area contributed by atoms with Crippen molar-refractivity contribution < 1.29 is 4.79 Å². The molecular weight excluding hydrogens is 420 g/mol. The van der Waals surface area contributed by atoms with Crippen LogP contribution in [0.1, 0.15) is 0 Å². The highest BCUT2D eigenvalue weighted by Gasteiger charge is 2.13. The fraction of sp³-hybridized carbons (Fsp3) is 0.118. The molecule has 3 rings (SSSR count). The Morgan fingerprint density at radius 1 is 1.36 bits per heavy atom. The molecule has 8 heteroatoms. The van der Waals surface area contributed by atoms with Crippen molar-refractivity contribution in [2.45, 2.75) is 11.7 Å². The van der Waals surface area contributed by atoms with Gasteiger partial charge < -0.3 is 9.88 Å². The van der Waals surface area contributed by atoms with Crippen molar-refractivity contribution in [3.05, 3.63) is 59.2 Å². The van der Waals surface area contributed by atoms with Crippen LogP contribution in [0.2, 0.25) is 0 Å². The van der Waals surface area contributed by atoms with E-state index in [0.717, 1.165) is 20.9 Å². The van der Waals surface area contributed by atoms with Crippen LogP contribution in [0.3, 0.4) is 0 Å². The minimum atomic E-state index is -0.0988. The summed E-state index contributed by atoms with van der Waals surface area (Å²) in [5.74, 6) is 0.173. The van der Waals surface area contributed by atoms with Crippen LogP contribution >= 0.6 is 39.0 Å². The maximum atomic E-state index is 12.0. The predicted octanol–water partition coefficient (Wildman–Crippen LogP) is 4.69. The lowest BCUT2D eigenvalue weighted by Crippen LogP contribution is -2.14. The Kier molecular flexibility index (Phi) is 6.06. The maximum Gasteiger partial charge on any atom is 0.236 e. The monoisotopic (exact) mass is 434 g/mol. The second kappa shape index (κ2) is 8.46. The summed E-state index contributed by atoms with van der Waals surface area (Å²) in [5, 5.41) is 5.99. The van der Waals surface area contributed by atoms with Gasteiger partial charge in [-0.05, 0) is 17.7 Å². The van der Waals surface area contributed by atoms with Crippen LogP contribution in [0.5, 0.6) is 0 Å².